The summed E-state index contributed by atoms with van der Waals surface area (Å²) in [6.07, 6.45) is 0.763. The standard InChI is InChI=1S/C22H19ClFNO3S/c1-13-19(15-7-9-17(24)10-8-15)20(22(27)28-2)21(29-13)25-18(26)11-6-14-4-3-5-16(23)12-14/h3-5,7-10,12H,6,11H2,1-2H3,(H,25,26). The van der Waals surface area contributed by atoms with Gasteiger partial charge in [-0.1, -0.05) is 35.9 Å². The maximum absolute atomic E-state index is 13.3. The molecule has 3 aromatic rings. The van der Waals surface area contributed by atoms with Crippen LogP contribution in [0.3, 0.4) is 0 Å². The summed E-state index contributed by atoms with van der Waals surface area (Å²) in [6, 6.07) is 13.2. The number of amides is 1. The molecule has 0 saturated heterocycles. The fourth-order valence-corrected chi connectivity index (χ4v) is 4.33. The van der Waals surface area contributed by atoms with Crippen LogP contribution in [-0.2, 0) is 16.0 Å². The number of thiophene rings is 1. The van der Waals surface area contributed by atoms with Crippen LogP contribution in [0, 0.1) is 12.7 Å². The Hall–Kier alpha value is -2.70. The van der Waals surface area contributed by atoms with Crippen molar-refractivity contribution in [2.24, 2.45) is 0 Å². The molecule has 0 aliphatic rings. The van der Waals surface area contributed by atoms with Gasteiger partial charge in [-0.2, -0.15) is 0 Å². The normalized spacial score (nSPS) is 10.6. The zero-order valence-corrected chi connectivity index (χ0v) is 17.5. The van der Waals surface area contributed by atoms with Crippen LogP contribution in [0.1, 0.15) is 27.2 Å². The average Bonchev–Trinajstić information content (AvgIpc) is 3.02. The second-order valence-corrected chi connectivity index (χ2v) is 8.08. The summed E-state index contributed by atoms with van der Waals surface area (Å²) in [5.41, 5.74) is 2.54. The van der Waals surface area contributed by atoms with Crippen molar-refractivity contribution in [3.63, 3.8) is 0 Å². The number of nitrogens with one attached hydrogen (secondary N) is 1. The number of aryl methyl sites for hydroxylation is 2. The van der Waals surface area contributed by atoms with E-state index in [4.69, 9.17) is 16.3 Å². The van der Waals surface area contributed by atoms with Gasteiger partial charge < -0.3 is 10.1 Å². The Bertz CT molecular complexity index is 1050. The van der Waals surface area contributed by atoms with Crippen LogP contribution < -0.4 is 5.32 Å². The number of carbonyl (C=O) groups is 2. The molecule has 1 heterocycles. The third-order valence-electron chi connectivity index (χ3n) is 4.39. The molecule has 7 heteroatoms. The summed E-state index contributed by atoms with van der Waals surface area (Å²) < 4.78 is 18.2. The van der Waals surface area contributed by atoms with Gasteiger partial charge in [-0.05, 0) is 48.7 Å². The maximum atomic E-state index is 13.3. The Morgan fingerprint density at radius 3 is 2.55 bits per heavy atom. The Morgan fingerprint density at radius 2 is 1.90 bits per heavy atom. The summed E-state index contributed by atoms with van der Waals surface area (Å²) in [6.45, 7) is 1.84. The molecular weight excluding hydrogens is 413 g/mol. The van der Waals surface area contributed by atoms with Gasteiger partial charge in [-0.3, -0.25) is 4.79 Å². The molecule has 0 unspecified atom stereocenters. The lowest BCUT2D eigenvalue weighted by molar-refractivity contribution is -0.116. The van der Waals surface area contributed by atoms with Crippen LogP contribution in [-0.4, -0.2) is 19.0 Å². The van der Waals surface area contributed by atoms with E-state index in [0.717, 1.165) is 10.4 Å². The van der Waals surface area contributed by atoms with Gasteiger partial charge in [-0.15, -0.1) is 11.3 Å². The molecule has 4 nitrogen and oxygen atoms in total. The van der Waals surface area contributed by atoms with Crippen molar-refractivity contribution in [2.75, 3.05) is 12.4 Å². The molecule has 29 heavy (non-hydrogen) atoms. The Morgan fingerprint density at radius 1 is 1.17 bits per heavy atom. The van der Waals surface area contributed by atoms with E-state index in [1.54, 1.807) is 18.2 Å². The van der Waals surface area contributed by atoms with Crippen LogP contribution in [0.2, 0.25) is 5.02 Å². The molecule has 0 spiro atoms. The number of halogens is 2. The first-order valence-corrected chi connectivity index (χ1v) is 10.1. The fourth-order valence-electron chi connectivity index (χ4n) is 3.03. The van der Waals surface area contributed by atoms with Gasteiger partial charge in [0.15, 0.2) is 0 Å². The Kier molecular flexibility index (Phi) is 6.67. The lowest BCUT2D eigenvalue weighted by atomic mass is 10.0. The second kappa shape index (κ2) is 9.20. The Labute approximate surface area is 177 Å². The quantitative estimate of drug-likeness (QED) is 0.496. The number of carbonyl (C=O) groups excluding carboxylic acids is 2. The lowest BCUT2D eigenvalue weighted by Gasteiger charge is -2.08. The fraction of sp³-hybridized carbons (Fsp3) is 0.182. The summed E-state index contributed by atoms with van der Waals surface area (Å²) in [5.74, 6) is -1.14. The third-order valence-corrected chi connectivity index (χ3v) is 5.65. The van der Waals surface area contributed by atoms with Crippen LogP contribution in [0.25, 0.3) is 11.1 Å². The van der Waals surface area contributed by atoms with Gasteiger partial charge in [0.1, 0.15) is 16.4 Å². The molecule has 1 amide bonds. The highest BCUT2D eigenvalue weighted by Crippen LogP contribution is 2.40. The minimum atomic E-state index is -0.557. The summed E-state index contributed by atoms with van der Waals surface area (Å²) >= 11 is 7.26. The van der Waals surface area contributed by atoms with Crippen molar-refractivity contribution in [3.8, 4) is 11.1 Å². The van der Waals surface area contributed by atoms with E-state index in [9.17, 15) is 14.0 Å². The molecule has 0 aliphatic heterocycles. The number of hydrogen-bond donors (Lipinski definition) is 1. The van der Waals surface area contributed by atoms with Gasteiger partial charge in [0.2, 0.25) is 5.91 Å². The monoisotopic (exact) mass is 431 g/mol. The molecule has 0 fully saturated rings. The van der Waals surface area contributed by atoms with E-state index < -0.39 is 5.97 Å². The lowest BCUT2D eigenvalue weighted by Crippen LogP contribution is -2.14. The maximum Gasteiger partial charge on any atom is 0.341 e. The van der Waals surface area contributed by atoms with Crippen molar-refractivity contribution in [3.05, 3.63) is 75.4 Å². The van der Waals surface area contributed by atoms with Gasteiger partial charge >= 0.3 is 5.97 Å². The number of rotatable bonds is 6. The number of methoxy groups -OCH3 is 1. The first-order chi connectivity index (χ1) is 13.9. The van der Waals surface area contributed by atoms with E-state index in [-0.39, 0.29) is 23.7 Å². The smallest absolute Gasteiger partial charge is 0.341 e. The van der Waals surface area contributed by atoms with Crippen LogP contribution >= 0.6 is 22.9 Å². The van der Waals surface area contributed by atoms with Crippen molar-refractivity contribution in [1.29, 1.82) is 0 Å². The molecule has 0 saturated carbocycles. The summed E-state index contributed by atoms with van der Waals surface area (Å²) in [7, 11) is 1.29. The zero-order valence-electron chi connectivity index (χ0n) is 15.9. The van der Waals surface area contributed by atoms with E-state index in [0.29, 0.717) is 27.6 Å². The molecule has 0 radical (unpaired) electrons. The van der Waals surface area contributed by atoms with Crippen molar-refractivity contribution >= 4 is 39.8 Å². The summed E-state index contributed by atoms with van der Waals surface area (Å²) in [4.78, 5) is 25.8. The van der Waals surface area contributed by atoms with E-state index in [1.807, 2.05) is 25.1 Å². The van der Waals surface area contributed by atoms with E-state index >= 15 is 0 Å². The van der Waals surface area contributed by atoms with Crippen LogP contribution in [0.4, 0.5) is 9.39 Å². The van der Waals surface area contributed by atoms with Crippen molar-refractivity contribution in [1.82, 2.24) is 0 Å². The number of benzene rings is 2. The summed E-state index contributed by atoms with van der Waals surface area (Å²) in [5, 5.41) is 3.86. The van der Waals surface area contributed by atoms with Gasteiger partial charge in [0.05, 0.1) is 7.11 Å². The predicted octanol–water partition coefficient (Wildman–Crippen LogP) is 5.87. The largest absolute Gasteiger partial charge is 0.465 e. The topological polar surface area (TPSA) is 55.4 Å². The third kappa shape index (κ3) is 5.02. The molecule has 2 aromatic carbocycles. The number of esters is 1. The minimum Gasteiger partial charge on any atom is -0.465 e. The zero-order chi connectivity index (χ0) is 21.0. The van der Waals surface area contributed by atoms with Crippen LogP contribution in [0.5, 0.6) is 0 Å². The molecular formula is C22H19ClFNO3S. The first kappa shape index (κ1) is 21.0. The molecule has 3 rings (SSSR count). The highest BCUT2D eigenvalue weighted by Gasteiger charge is 2.25. The van der Waals surface area contributed by atoms with E-state index in [2.05, 4.69) is 5.32 Å². The van der Waals surface area contributed by atoms with Gasteiger partial charge in [0, 0.05) is 21.9 Å². The first-order valence-electron chi connectivity index (χ1n) is 8.91. The highest BCUT2D eigenvalue weighted by molar-refractivity contribution is 7.17. The second-order valence-electron chi connectivity index (χ2n) is 6.41. The van der Waals surface area contributed by atoms with Crippen LogP contribution in [0.15, 0.2) is 48.5 Å². The number of anilines is 1. The number of hydrogen-bond acceptors (Lipinski definition) is 4. The minimum absolute atomic E-state index is 0.220. The molecule has 0 aliphatic carbocycles. The predicted molar refractivity (Wildman–Crippen MR) is 114 cm³/mol. The average molecular weight is 432 g/mol. The van der Waals surface area contributed by atoms with Crippen molar-refractivity contribution in [2.45, 2.75) is 19.8 Å². The number of ether oxygens (including phenoxy) is 1. The highest BCUT2D eigenvalue weighted by atomic mass is 35.5. The molecule has 1 aromatic heterocycles. The van der Waals surface area contributed by atoms with Gasteiger partial charge in [-0.25, -0.2) is 9.18 Å². The van der Waals surface area contributed by atoms with Crippen molar-refractivity contribution < 1.29 is 18.7 Å². The molecule has 1 N–H and O–H groups in total. The Balaban J connectivity index is 1.85. The molecule has 0 atom stereocenters. The van der Waals surface area contributed by atoms with Gasteiger partial charge in [0.25, 0.3) is 0 Å². The SMILES string of the molecule is COC(=O)c1c(NC(=O)CCc2cccc(Cl)c2)sc(C)c1-c1ccc(F)cc1. The molecule has 150 valence electrons. The molecule has 0 bridgehead atoms. The van der Waals surface area contributed by atoms with E-state index in [1.165, 1.54) is 30.6 Å².